The Morgan fingerprint density at radius 3 is 2.33 bits per heavy atom. The van der Waals surface area contributed by atoms with Crippen molar-refractivity contribution in [1.29, 1.82) is 0 Å². The maximum Gasteiger partial charge on any atom is 0.322 e. The Bertz CT molecular complexity index is 1120. The van der Waals surface area contributed by atoms with E-state index in [0.29, 0.717) is 55.0 Å². The molecule has 0 aliphatic rings. The normalized spacial score (nSPS) is 10.8. The van der Waals surface area contributed by atoms with E-state index in [1.165, 1.54) is 4.90 Å². The molecule has 9 heteroatoms. The van der Waals surface area contributed by atoms with Crippen molar-refractivity contribution in [2.24, 2.45) is 0 Å². The highest BCUT2D eigenvalue weighted by atomic mass is 35.5. The molecule has 6 nitrogen and oxygen atoms in total. The Balaban J connectivity index is 1.79. The smallest absolute Gasteiger partial charge is 0.322 e. The predicted molar refractivity (Wildman–Crippen MR) is 148 cm³/mol. The molecule has 0 aliphatic carbocycles. The van der Waals surface area contributed by atoms with E-state index in [1.807, 2.05) is 55.6 Å². The molecule has 192 valence electrons. The zero-order chi connectivity index (χ0) is 25.9. The van der Waals surface area contributed by atoms with Gasteiger partial charge < -0.3 is 19.9 Å². The number of hydrogen-bond acceptors (Lipinski definition) is 4. The summed E-state index contributed by atoms with van der Waals surface area (Å²) in [5.74, 6) is -0.150. The van der Waals surface area contributed by atoms with E-state index < -0.39 is 6.03 Å². The molecule has 3 rings (SSSR count). The summed E-state index contributed by atoms with van der Waals surface area (Å²) >= 11 is 14.1. The second-order valence-electron chi connectivity index (χ2n) is 8.26. The first kappa shape index (κ1) is 28.0. The lowest BCUT2D eigenvalue weighted by atomic mass is 10.2. The molecule has 0 saturated carbocycles. The molecule has 1 aromatic heterocycles. The first-order chi connectivity index (χ1) is 17.4. The molecule has 3 aromatic rings. The van der Waals surface area contributed by atoms with Crippen LogP contribution >= 0.6 is 34.5 Å². The zero-order valence-corrected chi connectivity index (χ0v) is 22.8. The van der Waals surface area contributed by atoms with Crippen LogP contribution in [0, 0.1) is 6.92 Å². The topological polar surface area (TPSA) is 61.9 Å². The van der Waals surface area contributed by atoms with Crippen LogP contribution in [-0.4, -0.2) is 48.0 Å². The van der Waals surface area contributed by atoms with Crippen molar-refractivity contribution in [2.45, 2.75) is 33.4 Å². The number of thiophene rings is 1. The highest BCUT2D eigenvalue weighted by Crippen LogP contribution is 2.30. The highest BCUT2D eigenvalue weighted by Gasteiger charge is 2.23. The minimum absolute atomic E-state index is 0.0860. The minimum atomic E-state index is -0.443. The van der Waals surface area contributed by atoms with E-state index in [2.05, 4.69) is 5.32 Å². The van der Waals surface area contributed by atoms with Crippen molar-refractivity contribution in [2.75, 3.05) is 31.6 Å². The summed E-state index contributed by atoms with van der Waals surface area (Å²) in [4.78, 5) is 31.3. The lowest BCUT2D eigenvalue weighted by Gasteiger charge is -2.28. The molecule has 0 atom stereocenters. The molecule has 0 aliphatic heterocycles. The number of nitrogens with one attached hydrogen (secondary N) is 1. The van der Waals surface area contributed by atoms with Crippen LogP contribution in [0.5, 0.6) is 0 Å². The largest absolute Gasteiger partial charge is 0.382 e. The van der Waals surface area contributed by atoms with Gasteiger partial charge in [0.25, 0.3) is 0 Å². The van der Waals surface area contributed by atoms with Gasteiger partial charge in [-0.15, -0.1) is 11.3 Å². The number of benzene rings is 2. The number of amides is 3. The fraction of sp³-hybridized carbons (Fsp3) is 0.333. The SMILES string of the molecule is CCOCCCN(CC(=O)N(Cc1ccccc1)Cc1sccc1C)C(=O)Nc1c(Cl)cccc1Cl. The lowest BCUT2D eigenvalue weighted by molar-refractivity contribution is -0.133. The molecule has 1 heterocycles. The van der Waals surface area contributed by atoms with Crippen molar-refractivity contribution in [1.82, 2.24) is 9.80 Å². The van der Waals surface area contributed by atoms with Crippen molar-refractivity contribution in [3.05, 3.63) is 86.0 Å². The number of carbonyl (C=O) groups excluding carboxylic acids is 2. The van der Waals surface area contributed by atoms with Gasteiger partial charge in [-0.1, -0.05) is 59.6 Å². The maximum absolute atomic E-state index is 13.6. The molecular weight excluding hydrogens is 517 g/mol. The van der Waals surface area contributed by atoms with Gasteiger partial charge in [0.15, 0.2) is 0 Å². The van der Waals surface area contributed by atoms with Gasteiger partial charge in [-0.2, -0.15) is 0 Å². The molecule has 0 radical (unpaired) electrons. The van der Waals surface area contributed by atoms with Crippen LogP contribution in [0.15, 0.2) is 60.0 Å². The average Bonchev–Trinajstić information content (AvgIpc) is 3.27. The van der Waals surface area contributed by atoms with E-state index in [-0.39, 0.29) is 12.5 Å². The van der Waals surface area contributed by atoms with Crippen LogP contribution in [0.25, 0.3) is 0 Å². The summed E-state index contributed by atoms with van der Waals surface area (Å²) in [6.07, 6.45) is 0.591. The monoisotopic (exact) mass is 547 g/mol. The second kappa shape index (κ2) is 14.2. The van der Waals surface area contributed by atoms with Gasteiger partial charge in [-0.05, 0) is 55.0 Å². The molecule has 0 spiro atoms. The number of urea groups is 1. The number of nitrogens with zero attached hydrogens (tertiary/aromatic N) is 2. The van der Waals surface area contributed by atoms with Crippen molar-refractivity contribution < 1.29 is 14.3 Å². The molecule has 1 N–H and O–H groups in total. The van der Waals surface area contributed by atoms with Crippen molar-refractivity contribution >= 4 is 52.2 Å². The third-order valence-corrected chi connectivity index (χ3v) is 7.24. The molecular formula is C27H31Cl2N3O3S. The summed E-state index contributed by atoms with van der Waals surface area (Å²) in [5.41, 5.74) is 2.49. The first-order valence-corrected chi connectivity index (χ1v) is 13.4. The van der Waals surface area contributed by atoms with E-state index in [4.69, 9.17) is 27.9 Å². The Hall–Kier alpha value is -2.58. The first-order valence-electron chi connectivity index (χ1n) is 11.8. The standard InChI is InChI=1S/C27H31Cl2N3O3S/c1-3-35-15-8-14-31(27(34)30-26-22(28)11-7-12-23(26)29)19-25(33)32(17-21-9-5-4-6-10-21)18-24-20(2)13-16-36-24/h4-7,9-13,16H,3,8,14-15,17-19H2,1-2H3,(H,30,34). The van der Waals surface area contributed by atoms with Gasteiger partial charge in [-0.3, -0.25) is 4.79 Å². The number of aryl methyl sites for hydroxylation is 1. The van der Waals surface area contributed by atoms with E-state index >= 15 is 0 Å². The molecule has 0 saturated heterocycles. The number of ether oxygens (including phenoxy) is 1. The molecule has 0 unspecified atom stereocenters. The Morgan fingerprint density at radius 1 is 0.972 bits per heavy atom. The molecule has 2 aromatic carbocycles. The fourth-order valence-electron chi connectivity index (χ4n) is 3.60. The van der Waals surface area contributed by atoms with Crippen LogP contribution in [0.2, 0.25) is 10.0 Å². The fourth-order valence-corrected chi connectivity index (χ4v) is 5.01. The minimum Gasteiger partial charge on any atom is -0.382 e. The number of para-hydroxylation sites is 1. The van der Waals surface area contributed by atoms with Crippen molar-refractivity contribution in [3.8, 4) is 0 Å². The number of halogens is 2. The van der Waals surface area contributed by atoms with Crippen LogP contribution in [0.3, 0.4) is 0 Å². The summed E-state index contributed by atoms with van der Waals surface area (Å²) < 4.78 is 5.44. The van der Waals surface area contributed by atoms with Gasteiger partial charge in [0.05, 0.1) is 22.3 Å². The maximum atomic E-state index is 13.6. The number of rotatable bonds is 12. The zero-order valence-electron chi connectivity index (χ0n) is 20.5. The van der Waals surface area contributed by atoms with Gasteiger partial charge in [0, 0.05) is 31.2 Å². The number of hydrogen-bond donors (Lipinski definition) is 1. The Kier molecular flexibility index (Phi) is 11.1. The number of carbonyl (C=O) groups is 2. The highest BCUT2D eigenvalue weighted by molar-refractivity contribution is 7.10. The van der Waals surface area contributed by atoms with Crippen LogP contribution in [0.1, 0.15) is 29.3 Å². The van der Waals surface area contributed by atoms with E-state index in [0.717, 1.165) is 16.0 Å². The molecule has 0 fully saturated rings. The third-order valence-electron chi connectivity index (χ3n) is 5.60. The summed E-state index contributed by atoms with van der Waals surface area (Å²) in [6, 6.07) is 16.5. The van der Waals surface area contributed by atoms with Crippen molar-refractivity contribution in [3.63, 3.8) is 0 Å². The summed E-state index contributed by atoms with van der Waals surface area (Å²) in [5, 5.41) is 5.46. The van der Waals surface area contributed by atoms with Gasteiger partial charge >= 0.3 is 6.03 Å². The van der Waals surface area contributed by atoms with Gasteiger partial charge in [0.2, 0.25) is 5.91 Å². The summed E-state index contributed by atoms with van der Waals surface area (Å²) in [6.45, 7) is 6.21. The molecule has 36 heavy (non-hydrogen) atoms. The average molecular weight is 549 g/mol. The number of anilines is 1. The quantitative estimate of drug-likeness (QED) is 0.252. The third kappa shape index (κ3) is 8.23. The second-order valence-corrected chi connectivity index (χ2v) is 10.1. The van der Waals surface area contributed by atoms with Crippen LogP contribution in [-0.2, 0) is 22.6 Å². The predicted octanol–water partition coefficient (Wildman–Crippen LogP) is 6.85. The molecule has 3 amide bonds. The summed E-state index contributed by atoms with van der Waals surface area (Å²) in [7, 11) is 0. The Morgan fingerprint density at radius 2 is 1.69 bits per heavy atom. The van der Waals surface area contributed by atoms with Gasteiger partial charge in [0.1, 0.15) is 6.54 Å². The van der Waals surface area contributed by atoms with Gasteiger partial charge in [-0.25, -0.2) is 4.79 Å². The Labute approximate surface area is 226 Å². The van der Waals surface area contributed by atoms with Crippen LogP contribution < -0.4 is 5.32 Å². The van der Waals surface area contributed by atoms with E-state index in [9.17, 15) is 9.59 Å². The van der Waals surface area contributed by atoms with E-state index in [1.54, 1.807) is 34.4 Å². The van der Waals surface area contributed by atoms with Crippen LogP contribution in [0.4, 0.5) is 10.5 Å². The molecule has 0 bridgehead atoms. The lowest BCUT2D eigenvalue weighted by Crippen LogP contribution is -2.44.